The quantitative estimate of drug-likeness (QED) is 0.476. The number of hydrogen-bond acceptors (Lipinski definition) is 4. The van der Waals surface area contributed by atoms with E-state index in [-0.39, 0.29) is 0 Å². The summed E-state index contributed by atoms with van der Waals surface area (Å²) in [6.45, 7) is 0.832. The first-order valence-electron chi connectivity index (χ1n) is 8.02. The van der Waals surface area contributed by atoms with E-state index in [0.717, 1.165) is 53.3 Å². The Morgan fingerprint density at radius 3 is 2.79 bits per heavy atom. The summed E-state index contributed by atoms with van der Waals surface area (Å²) in [5, 5.41) is 4.45. The van der Waals surface area contributed by atoms with Crippen LogP contribution in [-0.4, -0.2) is 31.5 Å². The molecule has 0 atom stereocenters. The summed E-state index contributed by atoms with van der Waals surface area (Å²) in [5.41, 5.74) is 2.93. The Kier molecular flexibility index (Phi) is 3.93. The zero-order valence-corrected chi connectivity index (χ0v) is 13.2. The Morgan fingerprint density at radius 2 is 1.96 bits per heavy atom. The van der Waals surface area contributed by atoms with Gasteiger partial charge < -0.3 is 15.3 Å². The first-order chi connectivity index (χ1) is 11.9. The van der Waals surface area contributed by atoms with E-state index in [1.807, 2.05) is 48.8 Å². The third-order valence-electron chi connectivity index (χ3n) is 3.90. The van der Waals surface area contributed by atoms with E-state index < -0.39 is 0 Å². The van der Waals surface area contributed by atoms with E-state index in [1.165, 1.54) is 0 Å². The van der Waals surface area contributed by atoms with Crippen molar-refractivity contribution in [2.75, 3.05) is 11.9 Å². The van der Waals surface area contributed by atoms with Crippen molar-refractivity contribution in [1.29, 1.82) is 0 Å². The molecule has 0 aliphatic heterocycles. The molecule has 0 aliphatic rings. The molecule has 4 rings (SSSR count). The van der Waals surface area contributed by atoms with Gasteiger partial charge in [0.05, 0.1) is 17.4 Å². The largest absolute Gasteiger partial charge is 0.369 e. The minimum Gasteiger partial charge on any atom is -0.369 e. The topological polar surface area (TPSA) is 82.3 Å². The normalized spacial score (nSPS) is 11.0. The second-order valence-electron chi connectivity index (χ2n) is 5.59. The molecule has 0 aliphatic carbocycles. The van der Waals surface area contributed by atoms with Crippen molar-refractivity contribution in [2.45, 2.75) is 12.8 Å². The molecule has 0 fully saturated rings. The summed E-state index contributed by atoms with van der Waals surface area (Å²) >= 11 is 0. The average molecular weight is 318 g/mol. The number of H-pyrrole nitrogens is 2. The lowest BCUT2D eigenvalue weighted by Crippen LogP contribution is -2.06. The van der Waals surface area contributed by atoms with Gasteiger partial charge in [0.25, 0.3) is 0 Å². The number of imidazole rings is 1. The van der Waals surface area contributed by atoms with Gasteiger partial charge >= 0.3 is 0 Å². The Balaban J connectivity index is 1.54. The van der Waals surface area contributed by atoms with Crippen molar-refractivity contribution in [3.8, 4) is 11.4 Å². The van der Waals surface area contributed by atoms with Crippen molar-refractivity contribution in [3.05, 3.63) is 60.8 Å². The van der Waals surface area contributed by atoms with E-state index in [2.05, 4.69) is 25.3 Å². The number of fused-ring (bicyclic) bond motifs is 1. The van der Waals surface area contributed by atoms with Crippen LogP contribution in [0.25, 0.3) is 22.4 Å². The van der Waals surface area contributed by atoms with Crippen LogP contribution in [-0.2, 0) is 6.42 Å². The van der Waals surface area contributed by atoms with Crippen LogP contribution < -0.4 is 5.32 Å². The van der Waals surface area contributed by atoms with E-state index in [4.69, 9.17) is 4.98 Å². The van der Waals surface area contributed by atoms with Crippen LogP contribution in [0.15, 0.2) is 55.1 Å². The van der Waals surface area contributed by atoms with Gasteiger partial charge in [0.2, 0.25) is 0 Å². The van der Waals surface area contributed by atoms with Crippen LogP contribution >= 0.6 is 0 Å². The predicted octanol–water partition coefficient (Wildman–Crippen LogP) is 3.39. The average Bonchev–Trinajstić information content (AvgIpc) is 3.30. The minimum atomic E-state index is 0.723. The molecule has 4 aromatic rings. The summed E-state index contributed by atoms with van der Waals surface area (Å²) in [4.78, 5) is 19.7. The van der Waals surface area contributed by atoms with Gasteiger partial charge in [-0.05, 0) is 18.9 Å². The van der Waals surface area contributed by atoms with E-state index >= 15 is 0 Å². The zero-order chi connectivity index (χ0) is 16.2. The number of anilines is 1. The number of aromatic nitrogens is 5. The SMILES string of the molecule is c1ccc(-c2nc(NCCCc3c[nH]cn3)c3cc[nH]c3n2)cc1. The van der Waals surface area contributed by atoms with Gasteiger partial charge in [-0.3, -0.25) is 0 Å². The molecule has 1 aromatic carbocycles. The smallest absolute Gasteiger partial charge is 0.163 e. The number of aryl methyl sites for hydroxylation is 1. The van der Waals surface area contributed by atoms with Crippen LogP contribution in [0.2, 0.25) is 0 Å². The molecule has 3 aromatic heterocycles. The highest BCUT2D eigenvalue weighted by atomic mass is 15.1. The highest BCUT2D eigenvalue weighted by Gasteiger charge is 2.09. The van der Waals surface area contributed by atoms with E-state index in [9.17, 15) is 0 Å². The van der Waals surface area contributed by atoms with Crippen LogP contribution in [0.1, 0.15) is 12.1 Å². The second-order valence-corrected chi connectivity index (χ2v) is 5.59. The van der Waals surface area contributed by atoms with Crippen molar-refractivity contribution >= 4 is 16.9 Å². The van der Waals surface area contributed by atoms with E-state index in [0.29, 0.717) is 0 Å². The van der Waals surface area contributed by atoms with Gasteiger partial charge in [-0.25, -0.2) is 15.0 Å². The maximum atomic E-state index is 4.71. The third kappa shape index (κ3) is 2.99. The number of benzene rings is 1. The maximum Gasteiger partial charge on any atom is 0.163 e. The Bertz CT molecular complexity index is 911. The Hall–Kier alpha value is -3.15. The first-order valence-corrected chi connectivity index (χ1v) is 8.02. The molecule has 0 saturated carbocycles. The van der Waals surface area contributed by atoms with Gasteiger partial charge in [-0.2, -0.15) is 0 Å². The fourth-order valence-corrected chi connectivity index (χ4v) is 2.70. The standard InChI is InChI=1S/C18H18N6/c1-2-5-13(6-3-1)16-23-17(15-8-10-21-18(15)24-16)20-9-4-7-14-11-19-12-22-14/h1-3,5-6,8,10-12H,4,7,9H2,(H,19,22)(H2,20,21,23,24). The molecule has 0 bridgehead atoms. The molecule has 0 radical (unpaired) electrons. The first kappa shape index (κ1) is 14.4. The molecular formula is C18H18N6. The molecular weight excluding hydrogens is 300 g/mol. The van der Waals surface area contributed by atoms with Crippen molar-refractivity contribution in [2.24, 2.45) is 0 Å². The van der Waals surface area contributed by atoms with Crippen LogP contribution in [0.5, 0.6) is 0 Å². The summed E-state index contributed by atoms with van der Waals surface area (Å²) in [6, 6.07) is 12.0. The Morgan fingerprint density at radius 1 is 1.04 bits per heavy atom. The highest BCUT2D eigenvalue weighted by Crippen LogP contribution is 2.24. The van der Waals surface area contributed by atoms with Crippen molar-refractivity contribution < 1.29 is 0 Å². The number of rotatable bonds is 6. The van der Waals surface area contributed by atoms with Crippen LogP contribution in [0.4, 0.5) is 5.82 Å². The monoisotopic (exact) mass is 318 g/mol. The molecule has 3 heterocycles. The molecule has 0 unspecified atom stereocenters. The lowest BCUT2D eigenvalue weighted by molar-refractivity contribution is 0.840. The van der Waals surface area contributed by atoms with Crippen LogP contribution in [0, 0.1) is 0 Å². The lowest BCUT2D eigenvalue weighted by Gasteiger charge is -2.08. The number of nitrogens with zero attached hydrogens (tertiary/aromatic N) is 3. The highest BCUT2D eigenvalue weighted by molar-refractivity contribution is 5.88. The number of hydrogen-bond donors (Lipinski definition) is 3. The fourth-order valence-electron chi connectivity index (χ4n) is 2.70. The van der Waals surface area contributed by atoms with Gasteiger partial charge in [-0.15, -0.1) is 0 Å². The molecule has 6 nitrogen and oxygen atoms in total. The molecule has 120 valence electrons. The molecule has 0 spiro atoms. The van der Waals surface area contributed by atoms with Gasteiger partial charge in [0, 0.05) is 24.5 Å². The maximum absolute atomic E-state index is 4.71. The van der Waals surface area contributed by atoms with Crippen LogP contribution in [0.3, 0.4) is 0 Å². The second kappa shape index (κ2) is 6.54. The number of aromatic amines is 2. The summed E-state index contributed by atoms with van der Waals surface area (Å²) < 4.78 is 0. The zero-order valence-electron chi connectivity index (χ0n) is 13.2. The number of nitrogens with one attached hydrogen (secondary N) is 3. The van der Waals surface area contributed by atoms with Crippen molar-refractivity contribution in [3.63, 3.8) is 0 Å². The van der Waals surface area contributed by atoms with Crippen molar-refractivity contribution in [1.82, 2.24) is 24.9 Å². The predicted molar refractivity (Wildman–Crippen MR) is 94.7 cm³/mol. The van der Waals surface area contributed by atoms with Gasteiger partial charge in [0.1, 0.15) is 11.5 Å². The summed E-state index contributed by atoms with van der Waals surface area (Å²) in [5.74, 6) is 1.59. The molecule has 24 heavy (non-hydrogen) atoms. The van der Waals surface area contributed by atoms with Gasteiger partial charge in [0.15, 0.2) is 5.82 Å². The summed E-state index contributed by atoms with van der Waals surface area (Å²) in [7, 11) is 0. The summed E-state index contributed by atoms with van der Waals surface area (Å²) in [6.07, 6.45) is 7.46. The third-order valence-corrected chi connectivity index (χ3v) is 3.90. The fraction of sp³-hybridized carbons (Fsp3) is 0.167. The van der Waals surface area contributed by atoms with Gasteiger partial charge in [-0.1, -0.05) is 30.3 Å². The molecule has 3 N–H and O–H groups in total. The molecule has 0 saturated heterocycles. The minimum absolute atomic E-state index is 0.723. The van der Waals surface area contributed by atoms with E-state index in [1.54, 1.807) is 6.33 Å². The lowest BCUT2D eigenvalue weighted by atomic mass is 10.2. The Labute approximate surface area is 139 Å². The molecule has 6 heteroatoms. The molecule has 0 amide bonds.